The van der Waals surface area contributed by atoms with Gasteiger partial charge in [-0.15, -0.1) is 0 Å². The number of rotatable bonds is 4. The van der Waals surface area contributed by atoms with E-state index in [-0.39, 0.29) is 6.29 Å². The van der Waals surface area contributed by atoms with Gasteiger partial charge < -0.3 is 9.47 Å². The summed E-state index contributed by atoms with van der Waals surface area (Å²) in [6.45, 7) is 4.39. The van der Waals surface area contributed by atoms with Gasteiger partial charge in [0.1, 0.15) is 0 Å². The van der Waals surface area contributed by atoms with Crippen LogP contribution in [-0.4, -0.2) is 30.9 Å². The number of ether oxygens (including phenoxy) is 2. The van der Waals surface area contributed by atoms with Gasteiger partial charge in [0.05, 0.1) is 13.0 Å². The molecule has 0 spiro atoms. The normalized spacial score (nSPS) is 14.4. The molecule has 0 N–H and O–H groups in total. The molecular formula is C9H14O5. The summed E-state index contributed by atoms with van der Waals surface area (Å²) in [6, 6.07) is 0. The number of methoxy groups -OCH3 is 1. The quantitative estimate of drug-likeness (QED) is 0.373. The topological polar surface area (TPSA) is 69.7 Å². The minimum atomic E-state index is -1.84. The van der Waals surface area contributed by atoms with Crippen molar-refractivity contribution in [1.82, 2.24) is 0 Å². The minimum Gasteiger partial charge on any atom is -0.466 e. The molecule has 0 aromatic carbocycles. The van der Waals surface area contributed by atoms with Crippen molar-refractivity contribution in [2.45, 2.75) is 26.4 Å². The van der Waals surface area contributed by atoms with E-state index in [4.69, 9.17) is 4.74 Å². The fraction of sp³-hybridized carbons (Fsp3) is 0.667. The monoisotopic (exact) mass is 202 g/mol. The molecule has 0 aliphatic rings. The molecule has 0 rings (SSSR count). The van der Waals surface area contributed by atoms with Crippen LogP contribution in [0.15, 0.2) is 0 Å². The first-order chi connectivity index (χ1) is 6.37. The summed E-state index contributed by atoms with van der Waals surface area (Å²) < 4.78 is 9.06. The molecule has 5 nitrogen and oxygen atoms in total. The highest BCUT2D eigenvalue weighted by Crippen LogP contribution is 2.12. The molecule has 0 aromatic rings. The van der Waals surface area contributed by atoms with E-state index in [2.05, 4.69) is 4.74 Å². The molecule has 0 amide bonds. The van der Waals surface area contributed by atoms with Gasteiger partial charge in [-0.2, -0.15) is 0 Å². The molecule has 5 heteroatoms. The van der Waals surface area contributed by atoms with Crippen molar-refractivity contribution in [2.75, 3.05) is 7.11 Å². The second-order valence-corrected chi connectivity index (χ2v) is 3.29. The lowest BCUT2D eigenvalue weighted by Gasteiger charge is -2.21. The molecule has 0 fully saturated rings. The fourth-order valence-electron chi connectivity index (χ4n) is 0.643. The molecule has 0 radical (unpaired) electrons. The minimum absolute atomic E-state index is 0.249. The lowest BCUT2D eigenvalue weighted by molar-refractivity contribution is -0.180. The van der Waals surface area contributed by atoms with E-state index in [9.17, 15) is 14.4 Å². The number of hydrogen-bond donors (Lipinski definition) is 0. The Balaban J connectivity index is 4.64. The lowest BCUT2D eigenvalue weighted by Crippen LogP contribution is -2.43. The number of hydrogen-bond acceptors (Lipinski definition) is 5. The third kappa shape index (κ3) is 2.83. The molecule has 1 atom stereocenters. The Hall–Kier alpha value is -1.39. The van der Waals surface area contributed by atoms with E-state index in [0.29, 0.717) is 0 Å². The second kappa shape index (κ2) is 4.74. The Morgan fingerprint density at radius 3 is 2.14 bits per heavy atom. The number of carbonyl (C=O) groups is 3. The van der Waals surface area contributed by atoms with Crippen molar-refractivity contribution in [1.29, 1.82) is 0 Å². The second-order valence-electron chi connectivity index (χ2n) is 3.29. The first kappa shape index (κ1) is 12.6. The SMILES string of the molecule is COC(=O)C(C)(C=O)OC(=O)C(C)C. The van der Waals surface area contributed by atoms with Gasteiger partial charge in [-0.1, -0.05) is 13.8 Å². The summed E-state index contributed by atoms with van der Waals surface area (Å²) >= 11 is 0. The zero-order chi connectivity index (χ0) is 11.4. The molecule has 0 aromatic heterocycles. The predicted molar refractivity (Wildman–Crippen MR) is 47.4 cm³/mol. The standard InChI is InChI=1S/C9H14O5/c1-6(2)7(11)14-9(3,5-10)8(12)13-4/h5-6H,1-4H3. The third-order valence-corrected chi connectivity index (χ3v) is 1.60. The van der Waals surface area contributed by atoms with Crippen molar-refractivity contribution in [3.8, 4) is 0 Å². The Bertz CT molecular complexity index is 246. The molecule has 0 saturated heterocycles. The molecule has 80 valence electrons. The molecule has 0 saturated carbocycles. The maximum absolute atomic E-state index is 11.1. The maximum atomic E-state index is 11.1. The Labute approximate surface area is 82.4 Å². The van der Waals surface area contributed by atoms with E-state index in [1.54, 1.807) is 13.8 Å². The van der Waals surface area contributed by atoms with Crippen molar-refractivity contribution in [3.05, 3.63) is 0 Å². The molecular weight excluding hydrogens is 188 g/mol. The number of esters is 2. The van der Waals surface area contributed by atoms with Crippen molar-refractivity contribution < 1.29 is 23.9 Å². The smallest absolute Gasteiger partial charge is 0.357 e. The largest absolute Gasteiger partial charge is 0.466 e. The summed E-state index contributed by atoms with van der Waals surface area (Å²) in [7, 11) is 1.12. The number of carbonyl (C=O) groups excluding carboxylic acids is 3. The van der Waals surface area contributed by atoms with Crippen LogP contribution in [0.1, 0.15) is 20.8 Å². The van der Waals surface area contributed by atoms with E-state index < -0.39 is 23.5 Å². The average molecular weight is 202 g/mol. The van der Waals surface area contributed by atoms with Crippen molar-refractivity contribution in [2.24, 2.45) is 5.92 Å². The summed E-state index contributed by atoms with van der Waals surface area (Å²) in [4.78, 5) is 32.8. The first-order valence-corrected chi connectivity index (χ1v) is 4.15. The first-order valence-electron chi connectivity index (χ1n) is 4.15. The molecule has 0 aliphatic carbocycles. The fourth-order valence-corrected chi connectivity index (χ4v) is 0.643. The Kier molecular flexibility index (Phi) is 4.27. The van der Waals surface area contributed by atoms with Crippen LogP contribution in [0.5, 0.6) is 0 Å². The van der Waals surface area contributed by atoms with Gasteiger partial charge in [-0.25, -0.2) is 4.79 Å². The molecule has 0 bridgehead atoms. The van der Waals surface area contributed by atoms with Crippen molar-refractivity contribution >= 4 is 18.2 Å². The highest BCUT2D eigenvalue weighted by atomic mass is 16.6. The Morgan fingerprint density at radius 2 is 1.86 bits per heavy atom. The molecule has 1 unspecified atom stereocenters. The van der Waals surface area contributed by atoms with Gasteiger partial charge in [-0.3, -0.25) is 9.59 Å². The van der Waals surface area contributed by atoms with Gasteiger partial charge in [0.2, 0.25) is 0 Å². The van der Waals surface area contributed by atoms with E-state index in [1.807, 2.05) is 0 Å². The molecule has 0 heterocycles. The molecule has 14 heavy (non-hydrogen) atoms. The zero-order valence-corrected chi connectivity index (χ0v) is 8.70. The highest BCUT2D eigenvalue weighted by molar-refractivity contribution is 5.98. The van der Waals surface area contributed by atoms with Crippen LogP contribution in [0.3, 0.4) is 0 Å². The van der Waals surface area contributed by atoms with Crippen LogP contribution < -0.4 is 0 Å². The summed E-state index contributed by atoms with van der Waals surface area (Å²) in [5.41, 5.74) is -1.84. The summed E-state index contributed by atoms with van der Waals surface area (Å²) in [6.07, 6.45) is 0.249. The van der Waals surface area contributed by atoms with E-state index in [1.165, 1.54) is 6.92 Å². The average Bonchev–Trinajstić information content (AvgIpc) is 2.15. The molecule has 0 aliphatic heterocycles. The Morgan fingerprint density at radius 1 is 1.36 bits per heavy atom. The zero-order valence-electron chi connectivity index (χ0n) is 8.70. The van der Waals surface area contributed by atoms with Gasteiger partial charge >= 0.3 is 11.9 Å². The lowest BCUT2D eigenvalue weighted by atomic mass is 10.1. The van der Waals surface area contributed by atoms with Crippen LogP contribution in [0, 0.1) is 5.92 Å². The van der Waals surface area contributed by atoms with Crippen LogP contribution in [0.2, 0.25) is 0 Å². The third-order valence-electron chi connectivity index (χ3n) is 1.60. The van der Waals surface area contributed by atoms with Gasteiger partial charge in [0.25, 0.3) is 5.60 Å². The predicted octanol–water partition coefficient (Wildman–Crippen LogP) is 0.316. The highest BCUT2D eigenvalue weighted by Gasteiger charge is 2.39. The maximum Gasteiger partial charge on any atom is 0.357 e. The summed E-state index contributed by atoms with van der Waals surface area (Å²) in [5.74, 6) is -1.91. The van der Waals surface area contributed by atoms with Crippen LogP contribution in [-0.2, 0) is 23.9 Å². The van der Waals surface area contributed by atoms with E-state index >= 15 is 0 Å². The summed E-state index contributed by atoms with van der Waals surface area (Å²) in [5, 5.41) is 0. The van der Waals surface area contributed by atoms with Crippen LogP contribution >= 0.6 is 0 Å². The van der Waals surface area contributed by atoms with Gasteiger partial charge in [0, 0.05) is 0 Å². The van der Waals surface area contributed by atoms with E-state index in [0.717, 1.165) is 7.11 Å². The van der Waals surface area contributed by atoms with Gasteiger partial charge in [0.15, 0.2) is 6.29 Å². The number of aldehydes is 1. The van der Waals surface area contributed by atoms with Crippen LogP contribution in [0.25, 0.3) is 0 Å². The van der Waals surface area contributed by atoms with Crippen LogP contribution in [0.4, 0.5) is 0 Å². The van der Waals surface area contributed by atoms with Crippen molar-refractivity contribution in [3.63, 3.8) is 0 Å². The van der Waals surface area contributed by atoms with Gasteiger partial charge in [-0.05, 0) is 6.92 Å².